The molecule has 2 aliphatic carbocycles. The van der Waals surface area contributed by atoms with Gasteiger partial charge in [0.2, 0.25) is 11.8 Å². The largest absolute Gasteiger partial charge is 0.481 e. The maximum absolute atomic E-state index is 14.5. The van der Waals surface area contributed by atoms with Crippen LogP contribution in [0.4, 0.5) is 8.78 Å². The van der Waals surface area contributed by atoms with E-state index in [0.29, 0.717) is 34.0 Å². The second-order valence-corrected chi connectivity index (χ2v) is 13.8. The van der Waals surface area contributed by atoms with Crippen molar-refractivity contribution in [3.8, 4) is 34.0 Å². The number of rotatable bonds is 8. The van der Waals surface area contributed by atoms with E-state index in [1.54, 1.807) is 30.3 Å². The van der Waals surface area contributed by atoms with E-state index in [9.17, 15) is 18.7 Å². The fourth-order valence-electron chi connectivity index (χ4n) is 6.80. The number of methoxy groups -OCH3 is 3. The molecule has 0 saturated heterocycles. The molecule has 2 aromatic carbocycles. The summed E-state index contributed by atoms with van der Waals surface area (Å²) >= 11 is 0. The summed E-state index contributed by atoms with van der Waals surface area (Å²) in [4.78, 5) is 19.8. The van der Waals surface area contributed by atoms with E-state index in [0.717, 1.165) is 59.7 Å². The topological polar surface area (TPSA) is 90.8 Å². The molecule has 6 rings (SSSR count). The number of aromatic nitrogens is 2. The third-order valence-corrected chi connectivity index (χ3v) is 9.64. The Labute approximate surface area is 307 Å². The molecule has 0 saturated carbocycles. The van der Waals surface area contributed by atoms with Gasteiger partial charge in [-0.25, -0.2) is 23.5 Å². The summed E-state index contributed by atoms with van der Waals surface area (Å²) in [7, 11) is 4.36. The zero-order valence-corrected chi connectivity index (χ0v) is 29.7. The molecule has 2 aromatic heterocycles. The van der Waals surface area contributed by atoms with Gasteiger partial charge in [-0.05, 0) is 93.7 Å². The van der Waals surface area contributed by atoms with E-state index >= 15 is 0 Å². The molecule has 52 heavy (non-hydrogen) atoms. The molecule has 278 valence electrons. The van der Waals surface area contributed by atoms with Crippen molar-refractivity contribution < 1.29 is 32.9 Å². The molecule has 0 fully saturated rings. The predicted molar refractivity (Wildman–Crippen MR) is 205 cm³/mol. The van der Waals surface area contributed by atoms with Gasteiger partial charge in [0.25, 0.3) is 0 Å². The Morgan fingerprint density at radius 3 is 1.56 bits per heavy atom. The van der Waals surface area contributed by atoms with Gasteiger partial charge in [-0.2, -0.15) is 0 Å². The molecule has 0 atom stereocenters. The number of benzene rings is 2. The van der Waals surface area contributed by atoms with Crippen LogP contribution in [0, 0.1) is 22.5 Å². The van der Waals surface area contributed by atoms with Crippen molar-refractivity contribution in [3.63, 3.8) is 0 Å². The van der Waals surface area contributed by atoms with Gasteiger partial charge in [-0.1, -0.05) is 72.9 Å². The van der Waals surface area contributed by atoms with Crippen LogP contribution in [0.25, 0.3) is 33.4 Å². The summed E-state index contributed by atoms with van der Waals surface area (Å²) in [5, 5.41) is 9.51. The summed E-state index contributed by atoms with van der Waals surface area (Å²) in [6.07, 6.45) is 10.7. The van der Waals surface area contributed by atoms with Crippen LogP contribution < -0.4 is 9.47 Å². The predicted octanol–water partition coefficient (Wildman–Crippen LogP) is 10.8. The van der Waals surface area contributed by atoms with Crippen LogP contribution in [0.5, 0.6) is 11.8 Å². The van der Waals surface area contributed by atoms with Crippen LogP contribution in [0.3, 0.4) is 0 Å². The molecular formula is C43H52F2N2O5. The third-order valence-electron chi connectivity index (χ3n) is 9.64. The molecule has 0 spiro atoms. The summed E-state index contributed by atoms with van der Waals surface area (Å²) in [5.74, 6) is -0.520. The number of halogens is 2. The zero-order chi connectivity index (χ0) is 36.2. The van der Waals surface area contributed by atoms with Crippen LogP contribution in [0.1, 0.15) is 95.3 Å². The Hall–Kier alpha value is -4.89. The first-order valence-corrected chi connectivity index (χ1v) is 16.6. The van der Waals surface area contributed by atoms with Crippen LogP contribution in [0.2, 0.25) is 0 Å². The molecular weight excluding hydrogens is 662 g/mol. The van der Waals surface area contributed by atoms with Crippen LogP contribution in [-0.4, -0.2) is 42.4 Å². The van der Waals surface area contributed by atoms with E-state index in [-0.39, 0.29) is 38.1 Å². The molecule has 4 aromatic rings. The monoisotopic (exact) mass is 714 g/mol. The fourth-order valence-corrected chi connectivity index (χ4v) is 6.80. The molecule has 0 amide bonds. The second kappa shape index (κ2) is 17.1. The van der Waals surface area contributed by atoms with Crippen LogP contribution >= 0.6 is 0 Å². The van der Waals surface area contributed by atoms with Crippen molar-refractivity contribution >= 4 is 17.1 Å². The number of esters is 1. The Balaban J connectivity index is 0.000000271. The van der Waals surface area contributed by atoms with Crippen LogP contribution in [0.15, 0.2) is 73.1 Å². The molecule has 0 bridgehead atoms. The number of hydrogen-bond donors (Lipinski definition) is 1. The Morgan fingerprint density at radius 2 is 1.15 bits per heavy atom. The smallest absolute Gasteiger partial charge is 0.337 e. The lowest BCUT2D eigenvalue weighted by Crippen LogP contribution is -2.11. The molecule has 0 unspecified atom stereocenters. The Morgan fingerprint density at radius 1 is 0.692 bits per heavy atom. The number of carbonyl (C=O) groups excluding carboxylic acids is 1. The number of hydrogen-bond acceptors (Lipinski definition) is 7. The number of aliphatic hydroxyl groups is 1. The van der Waals surface area contributed by atoms with E-state index in [2.05, 4.69) is 49.8 Å². The van der Waals surface area contributed by atoms with Gasteiger partial charge in [0.1, 0.15) is 11.6 Å². The van der Waals surface area contributed by atoms with Crippen LogP contribution in [-0.2, 0) is 11.3 Å². The minimum Gasteiger partial charge on any atom is -0.481 e. The van der Waals surface area contributed by atoms with Gasteiger partial charge in [-0.15, -0.1) is 0 Å². The average molecular weight is 715 g/mol. The van der Waals surface area contributed by atoms with E-state index < -0.39 is 11.8 Å². The average Bonchev–Trinajstić information content (AvgIpc) is 3.67. The van der Waals surface area contributed by atoms with Crippen molar-refractivity contribution in [1.82, 2.24) is 9.97 Å². The number of aliphatic hydroxyl groups excluding tert-OH is 1. The minimum absolute atomic E-state index is 0. The molecule has 2 heterocycles. The lowest BCUT2D eigenvalue weighted by Gasteiger charge is -2.25. The van der Waals surface area contributed by atoms with Gasteiger partial charge in [0.05, 0.1) is 45.9 Å². The van der Waals surface area contributed by atoms with Crippen molar-refractivity contribution in [2.75, 3.05) is 21.3 Å². The normalized spacial score (nSPS) is 15.2. The number of allylic oxidation sites excluding steroid dienone is 4. The lowest BCUT2D eigenvalue weighted by atomic mass is 9.79. The fraction of sp³-hybridized carbons (Fsp3) is 0.372. The van der Waals surface area contributed by atoms with Gasteiger partial charge in [0.15, 0.2) is 0 Å². The Bertz CT molecular complexity index is 1970. The molecule has 0 aliphatic heterocycles. The van der Waals surface area contributed by atoms with Gasteiger partial charge < -0.3 is 19.3 Å². The van der Waals surface area contributed by atoms with Gasteiger partial charge in [-0.3, -0.25) is 0 Å². The lowest BCUT2D eigenvalue weighted by molar-refractivity contribution is 0.0600. The number of carbonyl (C=O) groups is 1. The molecule has 0 radical (unpaired) electrons. The maximum Gasteiger partial charge on any atom is 0.337 e. The Kier molecular flexibility index (Phi) is 13.6. The van der Waals surface area contributed by atoms with E-state index in [1.807, 2.05) is 18.2 Å². The number of pyridine rings is 2. The summed E-state index contributed by atoms with van der Waals surface area (Å²) < 4.78 is 44.1. The van der Waals surface area contributed by atoms with Crippen molar-refractivity contribution in [3.05, 3.63) is 107 Å². The number of ether oxygens (including phenoxy) is 3. The summed E-state index contributed by atoms with van der Waals surface area (Å²) in [6.45, 7) is 8.67. The first-order chi connectivity index (χ1) is 23.8. The molecule has 2 aliphatic rings. The van der Waals surface area contributed by atoms with E-state index in [1.165, 1.54) is 33.1 Å². The number of nitrogens with zero attached hydrogens (tertiary/aromatic N) is 2. The quantitative estimate of drug-likeness (QED) is 0.182. The minimum atomic E-state index is -0.436. The second-order valence-electron chi connectivity index (χ2n) is 13.8. The van der Waals surface area contributed by atoms with Crippen molar-refractivity contribution in [2.45, 2.75) is 74.8 Å². The molecule has 9 heteroatoms. The highest BCUT2D eigenvalue weighted by molar-refractivity contribution is 5.94. The SMILES string of the molecule is C.C.COC(=O)c1ccc(-c2cc(OC)ncc2F)c(C2=CCCC2(C)C)c1.COc1cc(-c2ccc(CO)cc2C2=CCCC2(C)C)c(F)cn1. The maximum atomic E-state index is 14.5. The summed E-state index contributed by atoms with van der Waals surface area (Å²) in [5.41, 5.74) is 7.69. The third kappa shape index (κ3) is 8.59. The highest BCUT2D eigenvalue weighted by atomic mass is 19.1. The van der Waals surface area contributed by atoms with E-state index in [4.69, 9.17) is 14.2 Å². The zero-order valence-electron chi connectivity index (χ0n) is 29.7. The highest BCUT2D eigenvalue weighted by Crippen LogP contribution is 2.48. The first kappa shape index (κ1) is 41.5. The van der Waals surface area contributed by atoms with Crippen molar-refractivity contribution in [1.29, 1.82) is 0 Å². The summed E-state index contributed by atoms with van der Waals surface area (Å²) in [6, 6.07) is 14.0. The molecule has 7 nitrogen and oxygen atoms in total. The standard InChI is InChI=1S/C21H22FNO3.C20H22FNO2.2CH4/c1-21(2)9-5-6-17(21)15-10-13(20(24)26-4)7-8-14(15)16-11-19(25-3)23-12-18(16)22;1-20(2)8-4-5-17(20)15-9-13(12-23)6-7-14(15)16-10-19(24-3)22-11-18(16)21;;/h6-8,10-12H,5,9H2,1-4H3;5-7,9-11,23H,4,8,12H2,1-3H3;2*1H4. The van der Waals surface area contributed by atoms with Crippen molar-refractivity contribution in [2.24, 2.45) is 10.8 Å². The highest BCUT2D eigenvalue weighted by Gasteiger charge is 2.32. The van der Waals surface area contributed by atoms with Gasteiger partial charge >= 0.3 is 5.97 Å². The van der Waals surface area contributed by atoms with Gasteiger partial charge in [0, 0.05) is 23.3 Å². The molecule has 1 N–H and O–H groups in total. The first-order valence-electron chi connectivity index (χ1n) is 16.6.